The normalized spacial score (nSPS) is 15.3. The van der Waals surface area contributed by atoms with E-state index in [1.807, 2.05) is 31.3 Å². The van der Waals surface area contributed by atoms with E-state index in [9.17, 15) is 4.79 Å². The molecule has 0 spiro atoms. The van der Waals surface area contributed by atoms with Crippen LogP contribution in [0.5, 0.6) is 0 Å². The molecule has 0 aliphatic carbocycles. The molecule has 0 bridgehead atoms. The first-order valence-corrected chi connectivity index (χ1v) is 6.04. The fourth-order valence-electron chi connectivity index (χ4n) is 2.27. The third-order valence-corrected chi connectivity index (χ3v) is 3.20. The van der Waals surface area contributed by atoms with Crippen LogP contribution < -0.4 is 0 Å². The van der Waals surface area contributed by atoms with Crippen molar-refractivity contribution in [3.63, 3.8) is 0 Å². The summed E-state index contributed by atoms with van der Waals surface area (Å²) < 4.78 is 6.97. The molecular formula is C14H14N2O2. The molecular weight excluding hydrogens is 228 g/mol. The predicted octanol–water partition coefficient (Wildman–Crippen LogP) is 2.45. The average molecular weight is 242 g/mol. The first-order valence-electron chi connectivity index (χ1n) is 6.04. The number of Topliss-reactive ketones (excluding diaryl/α,β-unsaturated/α-hetero) is 1. The van der Waals surface area contributed by atoms with Crippen LogP contribution in [0.4, 0.5) is 0 Å². The highest BCUT2D eigenvalue weighted by Gasteiger charge is 2.21. The molecule has 2 heterocycles. The van der Waals surface area contributed by atoms with Gasteiger partial charge < -0.3 is 4.74 Å². The molecule has 1 aromatic heterocycles. The van der Waals surface area contributed by atoms with Gasteiger partial charge in [-0.3, -0.25) is 9.48 Å². The summed E-state index contributed by atoms with van der Waals surface area (Å²) in [5, 5.41) is 5.24. The van der Waals surface area contributed by atoms with Crippen LogP contribution in [0.3, 0.4) is 0 Å². The molecule has 1 aliphatic rings. The second-order valence-electron chi connectivity index (χ2n) is 4.44. The van der Waals surface area contributed by atoms with E-state index in [0.29, 0.717) is 17.9 Å². The van der Waals surface area contributed by atoms with Crippen LogP contribution in [0.1, 0.15) is 23.3 Å². The number of ether oxygens (including phenoxy) is 1. The zero-order chi connectivity index (χ0) is 12.5. The summed E-state index contributed by atoms with van der Waals surface area (Å²) in [5.74, 6) is -0.0218. The van der Waals surface area contributed by atoms with Crippen molar-refractivity contribution in [2.75, 3.05) is 6.61 Å². The molecule has 0 saturated carbocycles. The summed E-state index contributed by atoms with van der Waals surface area (Å²) in [4.78, 5) is 12.4. The number of carbonyl (C=O) groups is 1. The van der Waals surface area contributed by atoms with E-state index in [1.165, 1.54) is 0 Å². The second-order valence-corrected chi connectivity index (χ2v) is 4.44. The smallest absolute Gasteiger partial charge is 0.212 e. The van der Waals surface area contributed by atoms with Crippen molar-refractivity contribution in [1.29, 1.82) is 0 Å². The summed E-state index contributed by atoms with van der Waals surface area (Å²) in [6.45, 7) is 0.694. The number of aryl methyl sites for hydroxylation is 1. The lowest BCUT2D eigenvalue weighted by Gasteiger charge is -2.11. The number of aromatic nitrogens is 2. The van der Waals surface area contributed by atoms with Gasteiger partial charge >= 0.3 is 0 Å². The molecule has 0 atom stereocenters. The number of rotatable bonds is 2. The van der Waals surface area contributed by atoms with Crippen LogP contribution in [0.15, 0.2) is 36.1 Å². The minimum Gasteiger partial charge on any atom is -0.501 e. The average Bonchev–Trinajstić information content (AvgIpc) is 2.77. The predicted molar refractivity (Wildman–Crippen MR) is 68.3 cm³/mol. The highest BCUT2D eigenvalue weighted by molar-refractivity contribution is 6.14. The van der Waals surface area contributed by atoms with Gasteiger partial charge in [-0.25, -0.2) is 0 Å². The van der Waals surface area contributed by atoms with Gasteiger partial charge in [0.25, 0.3) is 0 Å². The Labute approximate surface area is 105 Å². The highest BCUT2D eigenvalue weighted by Crippen LogP contribution is 2.23. The third kappa shape index (κ3) is 1.70. The maximum atomic E-state index is 12.4. The van der Waals surface area contributed by atoms with Gasteiger partial charge in [0.15, 0.2) is 0 Å². The number of benzene rings is 1. The molecule has 4 nitrogen and oxygen atoms in total. The number of para-hydroxylation sites is 1. The fraction of sp³-hybridized carbons (Fsp3) is 0.286. The molecule has 3 rings (SSSR count). The van der Waals surface area contributed by atoms with Crippen molar-refractivity contribution in [3.8, 4) is 0 Å². The summed E-state index contributed by atoms with van der Waals surface area (Å²) in [7, 11) is 1.85. The van der Waals surface area contributed by atoms with Crippen molar-refractivity contribution >= 4 is 16.7 Å². The number of nitrogens with zero attached hydrogens (tertiary/aromatic N) is 2. The van der Waals surface area contributed by atoms with E-state index in [2.05, 4.69) is 5.10 Å². The summed E-state index contributed by atoms with van der Waals surface area (Å²) in [6, 6.07) is 7.76. The van der Waals surface area contributed by atoms with Crippen molar-refractivity contribution in [1.82, 2.24) is 9.78 Å². The van der Waals surface area contributed by atoms with Crippen molar-refractivity contribution in [3.05, 3.63) is 41.8 Å². The van der Waals surface area contributed by atoms with E-state index in [1.54, 1.807) is 10.9 Å². The number of carbonyl (C=O) groups excluding carboxylic acids is 1. The molecule has 0 N–H and O–H groups in total. The molecule has 18 heavy (non-hydrogen) atoms. The monoisotopic (exact) mass is 242 g/mol. The van der Waals surface area contributed by atoms with Crippen molar-refractivity contribution < 1.29 is 9.53 Å². The lowest BCUT2D eigenvalue weighted by atomic mass is 10.0. The molecule has 1 aliphatic heterocycles. The van der Waals surface area contributed by atoms with Gasteiger partial charge in [-0.1, -0.05) is 18.2 Å². The summed E-state index contributed by atoms with van der Waals surface area (Å²) in [5.41, 5.74) is 2.20. The van der Waals surface area contributed by atoms with Crippen molar-refractivity contribution in [2.24, 2.45) is 7.05 Å². The number of hydrogen-bond donors (Lipinski definition) is 0. The molecule has 4 heteroatoms. The minimum absolute atomic E-state index is 0.0218. The Bertz CT molecular complexity index is 640. The van der Waals surface area contributed by atoms with Crippen LogP contribution in [-0.2, 0) is 11.8 Å². The maximum absolute atomic E-state index is 12.4. The number of fused-ring (bicyclic) bond motifs is 1. The Morgan fingerprint density at radius 2 is 2.22 bits per heavy atom. The highest BCUT2D eigenvalue weighted by atomic mass is 16.5. The van der Waals surface area contributed by atoms with Gasteiger partial charge in [-0.05, 0) is 18.9 Å². The van der Waals surface area contributed by atoms with Gasteiger partial charge in [0, 0.05) is 18.0 Å². The largest absolute Gasteiger partial charge is 0.501 e. The molecule has 0 unspecified atom stereocenters. The summed E-state index contributed by atoms with van der Waals surface area (Å²) >= 11 is 0. The number of ketones is 1. The first-order chi connectivity index (χ1) is 8.77. The van der Waals surface area contributed by atoms with Crippen LogP contribution in [-0.4, -0.2) is 22.2 Å². The van der Waals surface area contributed by atoms with Gasteiger partial charge in [0.2, 0.25) is 5.78 Å². The number of allylic oxidation sites excluding steroid dienone is 1. The molecule has 0 amide bonds. The fourth-order valence-corrected chi connectivity index (χ4v) is 2.27. The van der Waals surface area contributed by atoms with Gasteiger partial charge in [0.05, 0.1) is 18.4 Å². The molecule has 0 fully saturated rings. The van der Waals surface area contributed by atoms with Crippen molar-refractivity contribution in [2.45, 2.75) is 12.8 Å². The van der Waals surface area contributed by atoms with E-state index < -0.39 is 0 Å². The Morgan fingerprint density at radius 1 is 1.39 bits per heavy atom. The molecule has 2 aromatic rings. The SMILES string of the molecule is Cn1nc(C(=O)C2=COCCC2)c2ccccc21. The van der Waals surface area contributed by atoms with E-state index in [-0.39, 0.29) is 5.78 Å². The van der Waals surface area contributed by atoms with Crippen LogP contribution in [0, 0.1) is 0 Å². The third-order valence-electron chi connectivity index (χ3n) is 3.20. The first kappa shape index (κ1) is 11.0. The van der Waals surface area contributed by atoms with Gasteiger partial charge in [-0.15, -0.1) is 0 Å². The quantitative estimate of drug-likeness (QED) is 0.760. The minimum atomic E-state index is -0.0218. The molecule has 92 valence electrons. The Kier molecular flexibility index (Phi) is 2.63. The van der Waals surface area contributed by atoms with Crippen LogP contribution in [0.25, 0.3) is 10.9 Å². The molecule has 1 aromatic carbocycles. The zero-order valence-corrected chi connectivity index (χ0v) is 10.2. The van der Waals surface area contributed by atoms with E-state index >= 15 is 0 Å². The maximum Gasteiger partial charge on any atom is 0.212 e. The second kappa shape index (κ2) is 4.29. The summed E-state index contributed by atoms with van der Waals surface area (Å²) in [6.07, 6.45) is 3.24. The van der Waals surface area contributed by atoms with Gasteiger partial charge in [-0.2, -0.15) is 5.10 Å². The lowest BCUT2D eigenvalue weighted by molar-refractivity contribution is 0.101. The topological polar surface area (TPSA) is 44.1 Å². The van der Waals surface area contributed by atoms with E-state index in [4.69, 9.17) is 4.74 Å². The van der Waals surface area contributed by atoms with Crippen LogP contribution >= 0.6 is 0 Å². The Balaban J connectivity index is 2.09. The Hall–Kier alpha value is -2.10. The molecule has 0 saturated heterocycles. The van der Waals surface area contributed by atoms with E-state index in [0.717, 1.165) is 23.7 Å². The number of hydrogen-bond acceptors (Lipinski definition) is 3. The van der Waals surface area contributed by atoms with Gasteiger partial charge in [0.1, 0.15) is 5.69 Å². The standard InChI is InChI=1S/C14H14N2O2/c1-16-12-7-3-2-6-11(12)13(15-16)14(17)10-5-4-8-18-9-10/h2-3,6-7,9H,4-5,8H2,1H3. The van der Waals surface area contributed by atoms with Crippen LogP contribution in [0.2, 0.25) is 0 Å². The molecule has 0 radical (unpaired) electrons. The lowest BCUT2D eigenvalue weighted by Crippen LogP contribution is -2.10. The Morgan fingerprint density at radius 3 is 3.00 bits per heavy atom. The zero-order valence-electron chi connectivity index (χ0n) is 10.2.